The molecule has 3 aromatic rings. The van der Waals surface area contributed by atoms with Gasteiger partial charge in [0.15, 0.2) is 0 Å². The average molecular weight is 498 g/mol. The van der Waals surface area contributed by atoms with E-state index in [1.165, 1.54) is 24.0 Å². The molecule has 0 atom stereocenters. The topological polar surface area (TPSA) is 54.7 Å². The number of carbonyl (C=O) groups excluding carboxylic acids is 1. The summed E-state index contributed by atoms with van der Waals surface area (Å²) in [7, 11) is 0. The molecule has 0 spiro atoms. The smallest absolute Gasteiger partial charge is 0.406 e. The molecule has 0 radical (unpaired) electrons. The van der Waals surface area contributed by atoms with Crippen LogP contribution in [0.2, 0.25) is 0 Å². The van der Waals surface area contributed by atoms with Crippen LogP contribution in [0.5, 0.6) is 5.75 Å². The van der Waals surface area contributed by atoms with Crippen LogP contribution in [0.15, 0.2) is 54.6 Å². The SMILES string of the molecule is Cc1c(-c2ccc(OC(F)(F)F)cc2)c(C(=O)N2CC(O)C2)n(Cc2ccccc2)c1C(F)(F)F. The molecule has 4 rings (SSSR count). The van der Waals surface area contributed by atoms with Gasteiger partial charge in [-0.1, -0.05) is 42.5 Å². The lowest BCUT2D eigenvalue weighted by atomic mass is 9.99. The standard InChI is InChI=1S/C24H20F6N2O3/c1-14-19(16-7-9-18(10-8-16)35-24(28,29)30)20(22(34)31-12-17(33)13-31)32(21(14)23(25,26)27)11-15-5-3-2-4-6-15/h2-10,17,33H,11-13H2,1H3. The van der Waals surface area contributed by atoms with E-state index >= 15 is 0 Å². The monoisotopic (exact) mass is 498 g/mol. The molecular weight excluding hydrogens is 478 g/mol. The lowest BCUT2D eigenvalue weighted by Gasteiger charge is -2.36. The largest absolute Gasteiger partial charge is 0.573 e. The highest BCUT2D eigenvalue weighted by Gasteiger charge is 2.43. The van der Waals surface area contributed by atoms with Crippen molar-refractivity contribution in [2.75, 3.05) is 13.1 Å². The van der Waals surface area contributed by atoms with Gasteiger partial charge in [-0.05, 0) is 35.7 Å². The summed E-state index contributed by atoms with van der Waals surface area (Å²) < 4.78 is 85.1. The molecule has 0 aliphatic carbocycles. The van der Waals surface area contributed by atoms with Crippen LogP contribution in [0, 0.1) is 6.92 Å². The molecule has 1 aliphatic heterocycles. The third-order valence-corrected chi connectivity index (χ3v) is 5.69. The summed E-state index contributed by atoms with van der Waals surface area (Å²) in [6.45, 7) is 0.895. The van der Waals surface area contributed by atoms with Crippen LogP contribution in [0.3, 0.4) is 0 Å². The van der Waals surface area contributed by atoms with Crippen molar-refractivity contribution in [3.05, 3.63) is 77.1 Å². The fourth-order valence-corrected chi connectivity index (χ4v) is 4.20. The van der Waals surface area contributed by atoms with Crippen molar-refractivity contribution in [3.63, 3.8) is 0 Å². The molecule has 2 heterocycles. The van der Waals surface area contributed by atoms with E-state index < -0.39 is 36.0 Å². The number of aliphatic hydroxyl groups is 1. The van der Waals surface area contributed by atoms with E-state index in [-0.39, 0.29) is 42.0 Å². The van der Waals surface area contributed by atoms with Crippen molar-refractivity contribution in [2.45, 2.75) is 32.1 Å². The maximum absolute atomic E-state index is 14.3. The zero-order valence-electron chi connectivity index (χ0n) is 18.3. The van der Waals surface area contributed by atoms with Crippen molar-refractivity contribution in [3.8, 4) is 16.9 Å². The number of benzene rings is 2. The van der Waals surface area contributed by atoms with Gasteiger partial charge >= 0.3 is 12.5 Å². The molecular formula is C24H20F6N2O3. The highest BCUT2D eigenvalue weighted by atomic mass is 19.4. The summed E-state index contributed by atoms with van der Waals surface area (Å²) in [5.41, 5.74) is -0.920. The minimum atomic E-state index is -4.93. The molecule has 1 amide bonds. The Hall–Kier alpha value is -3.47. The average Bonchev–Trinajstić information content (AvgIpc) is 3.03. The van der Waals surface area contributed by atoms with Gasteiger partial charge in [0.2, 0.25) is 0 Å². The van der Waals surface area contributed by atoms with E-state index in [1.54, 1.807) is 30.3 Å². The van der Waals surface area contributed by atoms with E-state index in [2.05, 4.69) is 4.74 Å². The number of halogens is 6. The molecule has 2 aromatic carbocycles. The number of likely N-dealkylation sites (tertiary alicyclic amines) is 1. The Labute approximate surface area is 196 Å². The van der Waals surface area contributed by atoms with E-state index in [1.807, 2.05) is 0 Å². The molecule has 0 bridgehead atoms. The number of amides is 1. The van der Waals surface area contributed by atoms with Gasteiger partial charge in [-0.25, -0.2) is 0 Å². The molecule has 186 valence electrons. The quantitative estimate of drug-likeness (QED) is 0.490. The Kier molecular flexibility index (Phi) is 6.31. The van der Waals surface area contributed by atoms with E-state index in [4.69, 9.17) is 0 Å². The first-order valence-corrected chi connectivity index (χ1v) is 10.5. The Morgan fingerprint density at radius 2 is 1.60 bits per heavy atom. The number of nitrogens with zero attached hydrogens (tertiary/aromatic N) is 2. The van der Waals surface area contributed by atoms with Crippen molar-refractivity contribution < 1.29 is 41.0 Å². The summed E-state index contributed by atoms with van der Waals surface area (Å²) >= 11 is 0. The lowest BCUT2D eigenvalue weighted by molar-refractivity contribution is -0.274. The summed E-state index contributed by atoms with van der Waals surface area (Å²) in [5, 5.41) is 9.63. The van der Waals surface area contributed by atoms with Crippen molar-refractivity contribution in [1.29, 1.82) is 0 Å². The third kappa shape index (κ3) is 5.14. The maximum atomic E-state index is 14.3. The molecule has 0 unspecified atom stereocenters. The normalized spacial score (nSPS) is 14.7. The van der Waals surface area contributed by atoms with Crippen molar-refractivity contribution in [2.24, 2.45) is 0 Å². The van der Waals surface area contributed by atoms with Crippen LogP contribution in [0.4, 0.5) is 26.3 Å². The molecule has 35 heavy (non-hydrogen) atoms. The van der Waals surface area contributed by atoms with E-state index in [9.17, 15) is 36.2 Å². The summed E-state index contributed by atoms with van der Waals surface area (Å²) in [5.74, 6) is -1.26. The van der Waals surface area contributed by atoms with Gasteiger partial charge in [-0.3, -0.25) is 4.79 Å². The number of aliphatic hydroxyl groups excluding tert-OH is 1. The number of ether oxygens (including phenoxy) is 1. The Bertz CT molecular complexity index is 1210. The van der Waals surface area contributed by atoms with Gasteiger partial charge in [0.25, 0.3) is 5.91 Å². The number of carbonyl (C=O) groups is 1. The van der Waals surface area contributed by atoms with Crippen LogP contribution >= 0.6 is 0 Å². The number of aromatic nitrogens is 1. The summed E-state index contributed by atoms with van der Waals surface area (Å²) in [4.78, 5) is 14.6. The van der Waals surface area contributed by atoms with Crippen LogP contribution in [-0.2, 0) is 12.7 Å². The van der Waals surface area contributed by atoms with Crippen LogP contribution in [0.25, 0.3) is 11.1 Å². The Morgan fingerprint density at radius 1 is 1.00 bits per heavy atom. The van der Waals surface area contributed by atoms with Crippen LogP contribution < -0.4 is 4.74 Å². The Morgan fingerprint density at radius 3 is 2.11 bits per heavy atom. The zero-order valence-corrected chi connectivity index (χ0v) is 18.3. The first-order valence-electron chi connectivity index (χ1n) is 10.5. The highest BCUT2D eigenvalue weighted by Crippen LogP contribution is 2.42. The number of alkyl halides is 6. The number of hydrogen-bond acceptors (Lipinski definition) is 3. The van der Waals surface area contributed by atoms with Gasteiger partial charge in [0.1, 0.15) is 17.1 Å². The molecule has 1 N–H and O–H groups in total. The fraction of sp³-hybridized carbons (Fsp3) is 0.292. The van der Waals surface area contributed by atoms with Crippen molar-refractivity contribution in [1.82, 2.24) is 9.47 Å². The van der Waals surface area contributed by atoms with E-state index in [0.717, 1.165) is 16.7 Å². The summed E-state index contributed by atoms with van der Waals surface area (Å²) in [6, 6.07) is 12.6. The van der Waals surface area contributed by atoms with Crippen LogP contribution in [-0.4, -0.2) is 46.0 Å². The molecule has 0 saturated carbocycles. The van der Waals surface area contributed by atoms with Gasteiger partial charge in [-0.2, -0.15) is 13.2 Å². The predicted molar refractivity (Wildman–Crippen MR) is 114 cm³/mol. The zero-order chi connectivity index (χ0) is 25.5. The second-order valence-corrected chi connectivity index (χ2v) is 8.20. The lowest BCUT2D eigenvalue weighted by Crippen LogP contribution is -2.54. The first kappa shape index (κ1) is 24.6. The van der Waals surface area contributed by atoms with Gasteiger partial charge in [-0.15, -0.1) is 13.2 Å². The van der Waals surface area contributed by atoms with Gasteiger partial charge < -0.3 is 19.3 Å². The minimum Gasteiger partial charge on any atom is -0.406 e. The highest BCUT2D eigenvalue weighted by molar-refractivity contribution is 6.01. The number of β-amino-alcohol motifs (C(OH)–C–C–N with tert-alkyl or cyclic N) is 1. The second-order valence-electron chi connectivity index (χ2n) is 8.20. The molecule has 5 nitrogen and oxygen atoms in total. The van der Waals surface area contributed by atoms with E-state index in [0.29, 0.717) is 5.56 Å². The number of rotatable bonds is 5. The molecule has 1 aromatic heterocycles. The fourth-order valence-electron chi connectivity index (χ4n) is 4.20. The molecule has 1 aliphatic rings. The molecule has 1 saturated heterocycles. The minimum absolute atomic E-state index is 0.0342. The van der Waals surface area contributed by atoms with Gasteiger partial charge in [0, 0.05) is 25.2 Å². The first-order chi connectivity index (χ1) is 16.3. The second kappa shape index (κ2) is 8.95. The predicted octanol–water partition coefficient (Wildman–Crippen LogP) is 5.25. The molecule has 1 fully saturated rings. The Balaban J connectivity index is 1.90. The maximum Gasteiger partial charge on any atom is 0.573 e. The third-order valence-electron chi connectivity index (χ3n) is 5.69. The summed E-state index contributed by atoms with van der Waals surface area (Å²) in [6.07, 6.45) is -10.5. The van der Waals surface area contributed by atoms with Gasteiger partial charge in [0.05, 0.1) is 6.10 Å². The van der Waals surface area contributed by atoms with Crippen LogP contribution in [0.1, 0.15) is 27.3 Å². The number of hydrogen-bond donors (Lipinski definition) is 1. The molecule has 11 heteroatoms. The van der Waals surface area contributed by atoms with Crippen molar-refractivity contribution >= 4 is 5.91 Å².